The number of anilines is 1. The van der Waals surface area contributed by atoms with Gasteiger partial charge >= 0.3 is 0 Å². The first-order valence-electron chi connectivity index (χ1n) is 8.92. The van der Waals surface area contributed by atoms with Gasteiger partial charge in [0.25, 0.3) is 5.91 Å². The van der Waals surface area contributed by atoms with E-state index in [1.54, 1.807) is 0 Å². The molecule has 1 fully saturated rings. The molecule has 1 saturated heterocycles. The molecule has 0 aliphatic carbocycles. The number of rotatable bonds is 4. The van der Waals surface area contributed by atoms with E-state index in [2.05, 4.69) is 10.3 Å². The van der Waals surface area contributed by atoms with Gasteiger partial charge < -0.3 is 4.74 Å². The summed E-state index contributed by atoms with van der Waals surface area (Å²) in [5.74, 6) is -5.43. The maximum Gasteiger partial charge on any atom is 0.259 e. The summed E-state index contributed by atoms with van der Waals surface area (Å²) in [6, 6.07) is 2.90. The topological polar surface area (TPSA) is 88.6 Å². The fourth-order valence-electron chi connectivity index (χ4n) is 3.02. The molecule has 3 aromatic rings. The molecule has 0 unspecified atom stereocenters. The SMILES string of the molecule is O=C(Nc1nc2c(F)c(F)c(F)cc2s1)c1cc(S(=O)(=O)N2CCOCC2)c(Cl)cc1Cl. The molecular formula is C18H12Cl2F3N3O4S2. The summed E-state index contributed by atoms with van der Waals surface area (Å²) < 4.78 is 73.0. The molecule has 1 aromatic heterocycles. The van der Waals surface area contributed by atoms with Crippen LogP contribution in [0.1, 0.15) is 10.4 Å². The van der Waals surface area contributed by atoms with E-state index >= 15 is 0 Å². The molecule has 0 saturated carbocycles. The molecule has 7 nitrogen and oxygen atoms in total. The van der Waals surface area contributed by atoms with Crippen molar-refractivity contribution in [3.8, 4) is 0 Å². The summed E-state index contributed by atoms with van der Waals surface area (Å²) >= 11 is 12.9. The molecule has 2 heterocycles. The molecule has 0 atom stereocenters. The zero-order valence-corrected chi connectivity index (χ0v) is 18.9. The van der Waals surface area contributed by atoms with Crippen LogP contribution in [-0.2, 0) is 14.8 Å². The summed E-state index contributed by atoms with van der Waals surface area (Å²) in [7, 11) is -4.04. The van der Waals surface area contributed by atoms with Gasteiger partial charge in [0.1, 0.15) is 10.4 Å². The minimum Gasteiger partial charge on any atom is -0.379 e. The second-order valence-electron chi connectivity index (χ2n) is 6.59. The highest BCUT2D eigenvalue weighted by Crippen LogP contribution is 2.33. The van der Waals surface area contributed by atoms with Crippen LogP contribution in [-0.4, -0.2) is 49.9 Å². The molecule has 0 radical (unpaired) electrons. The normalized spacial score (nSPS) is 15.3. The monoisotopic (exact) mass is 525 g/mol. The number of fused-ring (bicyclic) bond motifs is 1. The standard InChI is InChI=1S/C18H12Cl2F3N3O4S2/c19-9-6-10(20)13(32(28,29)26-1-3-30-4-2-26)5-8(9)17(27)25-18-24-16-12(31-18)7-11(21)14(22)15(16)23/h5-7H,1-4H2,(H,24,25,27). The van der Waals surface area contributed by atoms with Gasteiger partial charge in [0, 0.05) is 13.1 Å². The van der Waals surface area contributed by atoms with Crippen molar-refractivity contribution in [2.45, 2.75) is 4.90 Å². The van der Waals surface area contributed by atoms with Gasteiger partial charge in [-0.15, -0.1) is 0 Å². The number of thiazole rings is 1. The lowest BCUT2D eigenvalue weighted by atomic mass is 10.2. The summed E-state index contributed by atoms with van der Waals surface area (Å²) in [5, 5.41) is 1.85. The van der Waals surface area contributed by atoms with E-state index in [0.29, 0.717) is 11.3 Å². The average molecular weight is 526 g/mol. The third-order valence-electron chi connectivity index (χ3n) is 4.60. The van der Waals surface area contributed by atoms with Gasteiger partial charge in [-0.25, -0.2) is 26.6 Å². The van der Waals surface area contributed by atoms with Crippen LogP contribution in [0, 0.1) is 17.5 Å². The lowest BCUT2D eigenvalue weighted by Gasteiger charge is -2.26. The fourth-order valence-corrected chi connectivity index (χ4v) is 6.14. The minimum atomic E-state index is -4.04. The van der Waals surface area contributed by atoms with E-state index in [-0.39, 0.29) is 56.6 Å². The van der Waals surface area contributed by atoms with Crippen molar-refractivity contribution < 1.29 is 31.1 Å². The number of nitrogens with one attached hydrogen (secondary N) is 1. The van der Waals surface area contributed by atoms with Crippen LogP contribution in [0.25, 0.3) is 10.2 Å². The highest BCUT2D eigenvalue weighted by atomic mass is 35.5. The van der Waals surface area contributed by atoms with Crippen molar-refractivity contribution in [2.75, 3.05) is 31.6 Å². The number of nitrogens with zero attached hydrogens (tertiary/aromatic N) is 2. The molecule has 1 N–H and O–H groups in total. The van der Waals surface area contributed by atoms with E-state index in [1.165, 1.54) is 4.31 Å². The van der Waals surface area contributed by atoms with Crippen LogP contribution >= 0.6 is 34.5 Å². The van der Waals surface area contributed by atoms with Gasteiger partial charge in [-0.2, -0.15) is 4.31 Å². The predicted molar refractivity (Wildman–Crippen MR) is 113 cm³/mol. The number of amides is 1. The number of halogens is 5. The minimum absolute atomic E-state index is 0.0329. The summed E-state index contributed by atoms with van der Waals surface area (Å²) in [5.41, 5.74) is -0.693. The highest BCUT2D eigenvalue weighted by Gasteiger charge is 2.30. The van der Waals surface area contributed by atoms with Crippen molar-refractivity contribution >= 4 is 65.8 Å². The smallest absolute Gasteiger partial charge is 0.259 e. The largest absolute Gasteiger partial charge is 0.379 e. The van der Waals surface area contributed by atoms with Gasteiger partial charge in [0.15, 0.2) is 22.6 Å². The number of hydrogen-bond acceptors (Lipinski definition) is 6. The maximum absolute atomic E-state index is 13.9. The number of ether oxygens (including phenoxy) is 1. The summed E-state index contributed by atoms with van der Waals surface area (Å²) in [6.45, 7) is 0.667. The van der Waals surface area contributed by atoms with Gasteiger partial charge in [-0.1, -0.05) is 34.5 Å². The first-order valence-corrected chi connectivity index (χ1v) is 11.9. The van der Waals surface area contributed by atoms with Crippen LogP contribution in [0.5, 0.6) is 0 Å². The molecule has 1 amide bonds. The third-order valence-corrected chi connectivity index (χ3v) is 8.19. The Labute approximate surface area is 193 Å². The number of morpholine rings is 1. The van der Waals surface area contributed by atoms with Gasteiger partial charge in [-0.3, -0.25) is 10.1 Å². The first kappa shape index (κ1) is 23.2. The number of sulfonamides is 1. The van der Waals surface area contributed by atoms with E-state index in [9.17, 15) is 26.4 Å². The Kier molecular flexibility index (Phi) is 6.36. The Morgan fingerprint density at radius 3 is 2.47 bits per heavy atom. The van der Waals surface area contributed by atoms with E-state index in [4.69, 9.17) is 27.9 Å². The molecule has 2 aromatic carbocycles. The molecule has 1 aliphatic rings. The molecule has 0 bridgehead atoms. The molecule has 1 aliphatic heterocycles. The Morgan fingerprint density at radius 2 is 1.78 bits per heavy atom. The summed E-state index contributed by atoms with van der Waals surface area (Å²) in [6.07, 6.45) is 0. The number of benzene rings is 2. The van der Waals surface area contributed by atoms with Crippen LogP contribution in [0.3, 0.4) is 0 Å². The van der Waals surface area contributed by atoms with Crippen LogP contribution in [0.2, 0.25) is 10.0 Å². The molecular weight excluding hydrogens is 514 g/mol. The summed E-state index contributed by atoms with van der Waals surface area (Å²) in [4.78, 5) is 16.2. The molecule has 4 rings (SSSR count). The second-order valence-corrected chi connectivity index (χ2v) is 10.3. The first-order chi connectivity index (χ1) is 15.1. The lowest BCUT2D eigenvalue weighted by molar-refractivity contribution is 0.0730. The average Bonchev–Trinajstić information content (AvgIpc) is 3.14. The van der Waals surface area contributed by atoms with Gasteiger partial charge in [0.05, 0.1) is 33.5 Å². The predicted octanol–water partition coefficient (Wildman–Crippen LogP) is 4.29. The van der Waals surface area contributed by atoms with E-state index < -0.39 is 38.9 Å². The second kappa shape index (κ2) is 8.76. The maximum atomic E-state index is 13.9. The van der Waals surface area contributed by atoms with Crippen LogP contribution in [0.4, 0.5) is 18.3 Å². The van der Waals surface area contributed by atoms with Crippen molar-refractivity contribution in [2.24, 2.45) is 0 Å². The Hall–Kier alpha value is -1.96. The van der Waals surface area contributed by atoms with E-state index in [0.717, 1.165) is 18.2 Å². The number of carbonyl (C=O) groups is 1. The zero-order valence-electron chi connectivity index (χ0n) is 15.8. The molecule has 0 spiro atoms. The van der Waals surface area contributed by atoms with E-state index in [1.807, 2.05) is 0 Å². The number of hydrogen-bond donors (Lipinski definition) is 1. The van der Waals surface area contributed by atoms with Gasteiger partial charge in [-0.05, 0) is 18.2 Å². The third kappa shape index (κ3) is 4.18. The zero-order chi connectivity index (χ0) is 23.2. The van der Waals surface area contributed by atoms with Crippen molar-refractivity contribution in [3.05, 3.63) is 51.3 Å². The lowest BCUT2D eigenvalue weighted by Crippen LogP contribution is -2.40. The fraction of sp³-hybridized carbons (Fsp3) is 0.222. The highest BCUT2D eigenvalue weighted by molar-refractivity contribution is 7.89. The Balaban J connectivity index is 1.68. The number of carbonyl (C=O) groups excluding carboxylic acids is 1. The molecule has 170 valence electrons. The Morgan fingerprint density at radius 1 is 1.09 bits per heavy atom. The van der Waals surface area contributed by atoms with Crippen LogP contribution in [0.15, 0.2) is 23.1 Å². The van der Waals surface area contributed by atoms with Crippen molar-refractivity contribution in [3.63, 3.8) is 0 Å². The quantitative estimate of drug-likeness (QED) is 0.513. The number of aromatic nitrogens is 1. The van der Waals surface area contributed by atoms with Crippen molar-refractivity contribution in [1.82, 2.24) is 9.29 Å². The molecule has 32 heavy (non-hydrogen) atoms. The van der Waals surface area contributed by atoms with Crippen molar-refractivity contribution in [1.29, 1.82) is 0 Å². The molecule has 14 heteroatoms. The van der Waals surface area contributed by atoms with Crippen LogP contribution < -0.4 is 5.32 Å². The van der Waals surface area contributed by atoms with Gasteiger partial charge in [0.2, 0.25) is 10.0 Å². The Bertz CT molecular complexity index is 1350.